The van der Waals surface area contributed by atoms with Gasteiger partial charge in [0.25, 0.3) is 5.91 Å². The molecular formula is C21H23F3N2O2. The minimum absolute atomic E-state index is 0.141. The number of alkyl halides is 3. The zero-order chi connectivity index (χ0) is 20.1. The van der Waals surface area contributed by atoms with Crippen molar-refractivity contribution in [2.75, 3.05) is 19.6 Å². The number of hydrogen-bond acceptors (Lipinski definition) is 3. The van der Waals surface area contributed by atoms with Crippen molar-refractivity contribution < 1.29 is 22.7 Å². The Kier molecular flexibility index (Phi) is 6.24. The molecule has 0 bridgehead atoms. The van der Waals surface area contributed by atoms with Crippen LogP contribution in [-0.4, -0.2) is 42.8 Å². The molecule has 1 fully saturated rings. The molecule has 1 heterocycles. The van der Waals surface area contributed by atoms with E-state index in [0.717, 1.165) is 32.5 Å². The Hall–Kier alpha value is -2.54. The molecule has 28 heavy (non-hydrogen) atoms. The molecule has 0 radical (unpaired) electrons. The normalized spacial score (nSPS) is 16.0. The molecule has 1 aliphatic rings. The summed E-state index contributed by atoms with van der Waals surface area (Å²) in [6, 6.07) is 12.7. The predicted molar refractivity (Wildman–Crippen MR) is 101 cm³/mol. The number of piperidine rings is 1. The number of hydrogen-bond donors (Lipinski definition) is 1. The molecule has 1 aliphatic heterocycles. The summed E-state index contributed by atoms with van der Waals surface area (Å²) in [7, 11) is 0. The van der Waals surface area contributed by atoms with Crippen molar-refractivity contribution in [3.05, 3.63) is 54.1 Å². The molecular weight excluding hydrogens is 369 g/mol. The second-order valence-corrected chi connectivity index (χ2v) is 6.84. The van der Waals surface area contributed by atoms with E-state index in [1.54, 1.807) is 30.3 Å². The Morgan fingerprint density at radius 3 is 2.39 bits per heavy atom. The fourth-order valence-corrected chi connectivity index (χ4v) is 3.38. The van der Waals surface area contributed by atoms with Gasteiger partial charge in [0.2, 0.25) is 0 Å². The van der Waals surface area contributed by atoms with E-state index in [9.17, 15) is 18.0 Å². The lowest BCUT2D eigenvalue weighted by Gasteiger charge is -2.31. The first kappa shape index (κ1) is 20.2. The van der Waals surface area contributed by atoms with Crippen LogP contribution in [0.25, 0.3) is 11.1 Å². The summed E-state index contributed by atoms with van der Waals surface area (Å²) < 4.78 is 41.3. The topological polar surface area (TPSA) is 41.6 Å². The van der Waals surface area contributed by atoms with Crippen molar-refractivity contribution in [3.63, 3.8) is 0 Å². The number of nitrogens with zero attached hydrogens (tertiary/aromatic N) is 1. The number of halogens is 3. The summed E-state index contributed by atoms with van der Waals surface area (Å²) in [5, 5.41) is 3.06. The van der Waals surface area contributed by atoms with Crippen LogP contribution in [0.15, 0.2) is 48.5 Å². The van der Waals surface area contributed by atoms with Crippen molar-refractivity contribution in [1.29, 1.82) is 0 Å². The molecule has 0 spiro atoms. The molecule has 150 valence electrons. The van der Waals surface area contributed by atoms with Crippen LogP contribution < -0.4 is 10.1 Å². The standard InChI is InChI=1S/C21H23F3N2O2/c1-2-26-11-9-18(10-12-26)25-20(27)17-7-3-5-15(13-17)16-6-4-8-19(14-16)28-21(22,23)24/h3-8,13-14,18H,2,9-12H2,1H3,(H,25,27). The van der Waals surface area contributed by atoms with Crippen LogP contribution in [0.5, 0.6) is 5.75 Å². The molecule has 0 aromatic heterocycles. The molecule has 3 rings (SSSR count). The second-order valence-electron chi connectivity index (χ2n) is 6.84. The van der Waals surface area contributed by atoms with Gasteiger partial charge in [-0.2, -0.15) is 0 Å². The quantitative estimate of drug-likeness (QED) is 0.817. The van der Waals surface area contributed by atoms with Crippen LogP contribution in [0.4, 0.5) is 13.2 Å². The third kappa shape index (κ3) is 5.48. The second kappa shape index (κ2) is 8.65. The van der Waals surface area contributed by atoms with E-state index in [1.165, 1.54) is 18.2 Å². The van der Waals surface area contributed by atoms with Gasteiger partial charge in [0.05, 0.1) is 0 Å². The van der Waals surface area contributed by atoms with Crippen LogP contribution in [0, 0.1) is 0 Å². The lowest BCUT2D eigenvalue weighted by Crippen LogP contribution is -2.44. The Morgan fingerprint density at radius 1 is 1.11 bits per heavy atom. The first-order chi connectivity index (χ1) is 13.3. The average Bonchev–Trinajstić information content (AvgIpc) is 2.67. The van der Waals surface area contributed by atoms with Crippen molar-refractivity contribution in [2.24, 2.45) is 0 Å². The van der Waals surface area contributed by atoms with Gasteiger partial charge >= 0.3 is 6.36 Å². The maximum absolute atomic E-state index is 12.6. The number of nitrogens with one attached hydrogen (secondary N) is 1. The Morgan fingerprint density at radius 2 is 1.75 bits per heavy atom. The maximum Gasteiger partial charge on any atom is 0.573 e. The average molecular weight is 392 g/mol. The third-order valence-electron chi connectivity index (χ3n) is 4.90. The van der Waals surface area contributed by atoms with Crippen LogP contribution in [0.3, 0.4) is 0 Å². The highest BCUT2D eigenvalue weighted by molar-refractivity contribution is 5.95. The van der Waals surface area contributed by atoms with E-state index in [2.05, 4.69) is 21.9 Å². The number of benzene rings is 2. The van der Waals surface area contributed by atoms with Crippen molar-refractivity contribution in [3.8, 4) is 16.9 Å². The lowest BCUT2D eigenvalue weighted by molar-refractivity contribution is -0.274. The van der Waals surface area contributed by atoms with Crippen LogP contribution in [-0.2, 0) is 0 Å². The summed E-state index contributed by atoms with van der Waals surface area (Å²) in [6.45, 7) is 5.07. The van der Waals surface area contributed by atoms with Gasteiger partial charge in [0.15, 0.2) is 0 Å². The molecule has 2 aromatic rings. The number of ether oxygens (including phenoxy) is 1. The molecule has 1 N–H and O–H groups in total. The fourth-order valence-electron chi connectivity index (χ4n) is 3.38. The first-order valence-corrected chi connectivity index (χ1v) is 9.33. The van der Waals surface area contributed by atoms with Crippen molar-refractivity contribution in [2.45, 2.75) is 32.2 Å². The fraction of sp³-hybridized carbons (Fsp3) is 0.381. The van der Waals surface area contributed by atoms with E-state index in [4.69, 9.17) is 0 Å². The summed E-state index contributed by atoms with van der Waals surface area (Å²) in [5.74, 6) is -0.456. The largest absolute Gasteiger partial charge is 0.573 e. The zero-order valence-corrected chi connectivity index (χ0v) is 15.6. The minimum Gasteiger partial charge on any atom is -0.406 e. The van der Waals surface area contributed by atoms with Gasteiger partial charge in [-0.3, -0.25) is 4.79 Å². The van der Waals surface area contributed by atoms with Gasteiger partial charge in [-0.15, -0.1) is 13.2 Å². The maximum atomic E-state index is 12.6. The molecule has 0 unspecified atom stereocenters. The highest BCUT2D eigenvalue weighted by atomic mass is 19.4. The Balaban J connectivity index is 1.70. The Bertz CT molecular complexity index is 815. The molecule has 1 amide bonds. The predicted octanol–water partition coefficient (Wildman–Crippen LogP) is 4.47. The monoisotopic (exact) mass is 392 g/mol. The smallest absolute Gasteiger partial charge is 0.406 e. The molecule has 0 atom stereocenters. The minimum atomic E-state index is -4.74. The molecule has 2 aromatic carbocycles. The van der Waals surface area contributed by atoms with E-state index >= 15 is 0 Å². The highest BCUT2D eigenvalue weighted by Gasteiger charge is 2.31. The van der Waals surface area contributed by atoms with Crippen LogP contribution >= 0.6 is 0 Å². The number of carbonyl (C=O) groups is 1. The van der Waals surface area contributed by atoms with E-state index in [1.807, 2.05) is 0 Å². The summed E-state index contributed by atoms with van der Waals surface area (Å²) in [5.41, 5.74) is 1.69. The summed E-state index contributed by atoms with van der Waals surface area (Å²) in [4.78, 5) is 15.0. The van der Waals surface area contributed by atoms with Crippen molar-refractivity contribution >= 4 is 5.91 Å². The van der Waals surface area contributed by atoms with Gasteiger partial charge in [-0.05, 0) is 54.8 Å². The number of carbonyl (C=O) groups excluding carboxylic acids is 1. The van der Waals surface area contributed by atoms with E-state index in [-0.39, 0.29) is 17.7 Å². The third-order valence-corrected chi connectivity index (χ3v) is 4.90. The number of rotatable bonds is 5. The Labute approximate surface area is 162 Å². The zero-order valence-electron chi connectivity index (χ0n) is 15.6. The highest BCUT2D eigenvalue weighted by Crippen LogP contribution is 2.28. The first-order valence-electron chi connectivity index (χ1n) is 9.33. The summed E-state index contributed by atoms with van der Waals surface area (Å²) >= 11 is 0. The molecule has 0 aliphatic carbocycles. The van der Waals surface area contributed by atoms with Crippen LogP contribution in [0.1, 0.15) is 30.1 Å². The van der Waals surface area contributed by atoms with Gasteiger partial charge in [-0.1, -0.05) is 31.2 Å². The van der Waals surface area contributed by atoms with Crippen LogP contribution in [0.2, 0.25) is 0 Å². The molecule has 7 heteroatoms. The van der Waals surface area contributed by atoms with Crippen molar-refractivity contribution in [1.82, 2.24) is 10.2 Å². The van der Waals surface area contributed by atoms with E-state index in [0.29, 0.717) is 16.7 Å². The number of likely N-dealkylation sites (tertiary alicyclic amines) is 1. The van der Waals surface area contributed by atoms with E-state index < -0.39 is 6.36 Å². The summed E-state index contributed by atoms with van der Waals surface area (Å²) in [6.07, 6.45) is -2.92. The van der Waals surface area contributed by atoms with Gasteiger partial charge in [-0.25, -0.2) is 0 Å². The molecule has 4 nitrogen and oxygen atoms in total. The molecule has 0 saturated carbocycles. The van der Waals surface area contributed by atoms with Gasteiger partial charge in [0.1, 0.15) is 5.75 Å². The van der Waals surface area contributed by atoms with Gasteiger partial charge < -0.3 is 15.0 Å². The lowest BCUT2D eigenvalue weighted by atomic mass is 10.0. The SMILES string of the molecule is CCN1CCC(NC(=O)c2cccc(-c3cccc(OC(F)(F)F)c3)c2)CC1. The number of amides is 1. The van der Waals surface area contributed by atoms with Gasteiger partial charge in [0, 0.05) is 24.7 Å². The molecule has 1 saturated heterocycles.